The van der Waals surface area contributed by atoms with Crippen LogP contribution in [0, 0.1) is 5.92 Å². The number of benzene rings is 1. The number of carbonyl (C=O) groups excluding carboxylic acids is 1. The molecular weight excluding hydrogens is 298 g/mol. The van der Waals surface area contributed by atoms with Gasteiger partial charge in [-0.25, -0.2) is 9.48 Å². The van der Waals surface area contributed by atoms with Crippen molar-refractivity contribution in [2.24, 2.45) is 5.92 Å². The maximum atomic E-state index is 12.1. The molecule has 122 valence electrons. The van der Waals surface area contributed by atoms with Crippen LogP contribution in [0.3, 0.4) is 0 Å². The normalized spacial score (nSPS) is 12.0. The average Bonchev–Trinajstić information content (AvgIpc) is 3.01. The van der Waals surface area contributed by atoms with Gasteiger partial charge in [0.1, 0.15) is 11.8 Å². The second kappa shape index (κ2) is 6.95. The third-order valence-corrected chi connectivity index (χ3v) is 3.38. The van der Waals surface area contributed by atoms with Crippen molar-refractivity contribution in [2.75, 3.05) is 7.11 Å². The molecule has 2 rings (SSSR count). The lowest BCUT2D eigenvalue weighted by molar-refractivity contribution is -0.140. The molecule has 0 radical (unpaired) electrons. The quantitative estimate of drug-likeness (QED) is 0.846. The van der Waals surface area contributed by atoms with E-state index in [1.54, 1.807) is 50.0 Å². The van der Waals surface area contributed by atoms with Crippen molar-refractivity contribution in [3.63, 3.8) is 0 Å². The Morgan fingerprint density at radius 1 is 1.22 bits per heavy atom. The zero-order valence-corrected chi connectivity index (χ0v) is 13.2. The number of carbonyl (C=O) groups is 2. The van der Waals surface area contributed by atoms with E-state index in [4.69, 9.17) is 9.84 Å². The van der Waals surface area contributed by atoms with Gasteiger partial charge in [0.25, 0.3) is 5.91 Å². The van der Waals surface area contributed by atoms with E-state index in [1.807, 2.05) is 12.1 Å². The molecule has 0 aliphatic carbocycles. The number of aromatic nitrogens is 2. The number of amides is 1. The highest BCUT2D eigenvalue weighted by atomic mass is 16.5. The maximum absolute atomic E-state index is 12.1. The van der Waals surface area contributed by atoms with Crippen molar-refractivity contribution in [2.45, 2.75) is 19.9 Å². The monoisotopic (exact) mass is 317 g/mol. The number of hydrogen-bond donors (Lipinski definition) is 2. The molecule has 7 heteroatoms. The van der Waals surface area contributed by atoms with Gasteiger partial charge in [0.15, 0.2) is 5.69 Å². The van der Waals surface area contributed by atoms with Crippen molar-refractivity contribution in [3.05, 3.63) is 42.2 Å². The van der Waals surface area contributed by atoms with Gasteiger partial charge in [-0.1, -0.05) is 13.8 Å². The molecule has 23 heavy (non-hydrogen) atoms. The minimum atomic E-state index is -1.07. The van der Waals surface area contributed by atoms with E-state index >= 15 is 0 Å². The lowest BCUT2D eigenvalue weighted by Crippen LogP contribution is -2.44. The SMILES string of the molecule is COc1ccc(-n2ccc(C(=O)N[C@@H](C(=O)O)C(C)C)n2)cc1. The number of rotatable bonds is 6. The van der Waals surface area contributed by atoms with Gasteiger partial charge in [0, 0.05) is 6.20 Å². The van der Waals surface area contributed by atoms with Crippen LogP contribution in [0.2, 0.25) is 0 Å². The summed E-state index contributed by atoms with van der Waals surface area (Å²) in [5.41, 5.74) is 0.927. The number of nitrogens with zero attached hydrogens (tertiary/aromatic N) is 2. The number of carboxylic acid groups (broad SMARTS) is 1. The Morgan fingerprint density at radius 2 is 1.87 bits per heavy atom. The van der Waals surface area contributed by atoms with Gasteiger partial charge < -0.3 is 15.2 Å². The number of nitrogens with one attached hydrogen (secondary N) is 1. The summed E-state index contributed by atoms with van der Waals surface area (Å²) in [5, 5.41) is 15.8. The lowest BCUT2D eigenvalue weighted by Gasteiger charge is -2.16. The Balaban J connectivity index is 2.14. The largest absolute Gasteiger partial charge is 0.497 e. The molecule has 1 atom stereocenters. The van der Waals surface area contributed by atoms with Crippen molar-refractivity contribution >= 4 is 11.9 Å². The molecule has 0 aliphatic rings. The second-order valence-corrected chi connectivity index (χ2v) is 5.38. The highest BCUT2D eigenvalue weighted by molar-refractivity contribution is 5.95. The fourth-order valence-electron chi connectivity index (χ4n) is 2.05. The molecule has 2 aromatic rings. The molecule has 1 aromatic carbocycles. The number of hydrogen-bond acceptors (Lipinski definition) is 4. The van der Waals surface area contributed by atoms with E-state index in [9.17, 15) is 9.59 Å². The van der Waals surface area contributed by atoms with Crippen LogP contribution in [0.5, 0.6) is 5.75 Å². The van der Waals surface area contributed by atoms with Crippen LogP contribution in [0.1, 0.15) is 24.3 Å². The third-order valence-electron chi connectivity index (χ3n) is 3.38. The summed E-state index contributed by atoms with van der Waals surface area (Å²) < 4.78 is 6.63. The molecule has 0 bridgehead atoms. The van der Waals surface area contributed by atoms with E-state index in [0.717, 1.165) is 11.4 Å². The molecule has 2 N–H and O–H groups in total. The van der Waals surface area contributed by atoms with Gasteiger partial charge in [0.2, 0.25) is 0 Å². The van der Waals surface area contributed by atoms with Crippen LogP contribution >= 0.6 is 0 Å². The fraction of sp³-hybridized carbons (Fsp3) is 0.312. The Hall–Kier alpha value is -2.83. The number of ether oxygens (including phenoxy) is 1. The van der Waals surface area contributed by atoms with Gasteiger partial charge >= 0.3 is 5.97 Å². The topological polar surface area (TPSA) is 93.5 Å². The summed E-state index contributed by atoms with van der Waals surface area (Å²) in [5.74, 6) is -1.08. The smallest absolute Gasteiger partial charge is 0.326 e. The first-order valence-electron chi connectivity index (χ1n) is 7.16. The lowest BCUT2D eigenvalue weighted by atomic mass is 10.0. The predicted molar refractivity (Wildman–Crippen MR) is 83.8 cm³/mol. The molecule has 1 amide bonds. The summed E-state index contributed by atoms with van der Waals surface area (Å²) in [4.78, 5) is 23.3. The Labute approximate surface area is 133 Å². The summed E-state index contributed by atoms with van der Waals surface area (Å²) >= 11 is 0. The van der Waals surface area contributed by atoms with Gasteiger partial charge in [-0.2, -0.15) is 5.10 Å². The van der Waals surface area contributed by atoms with E-state index in [-0.39, 0.29) is 11.6 Å². The van der Waals surface area contributed by atoms with Crippen molar-refractivity contribution in [3.8, 4) is 11.4 Å². The van der Waals surface area contributed by atoms with Crippen molar-refractivity contribution in [1.82, 2.24) is 15.1 Å². The minimum absolute atomic E-state index is 0.160. The van der Waals surface area contributed by atoms with Crippen molar-refractivity contribution in [1.29, 1.82) is 0 Å². The summed E-state index contributed by atoms with van der Waals surface area (Å²) in [6.07, 6.45) is 1.64. The Bertz CT molecular complexity index is 692. The molecule has 0 fully saturated rings. The first kappa shape index (κ1) is 16.5. The summed E-state index contributed by atoms with van der Waals surface area (Å²) in [6.45, 7) is 3.46. The second-order valence-electron chi connectivity index (χ2n) is 5.38. The molecule has 1 aromatic heterocycles. The van der Waals surface area contributed by atoms with Gasteiger partial charge in [0.05, 0.1) is 12.8 Å². The molecule has 0 unspecified atom stereocenters. The summed E-state index contributed by atoms with van der Waals surface area (Å²) in [7, 11) is 1.58. The number of carboxylic acids is 1. The minimum Gasteiger partial charge on any atom is -0.497 e. The molecule has 7 nitrogen and oxygen atoms in total. The molecule has 0 saturated carbocycles. The van der Waals surface area contributed by atoms with E-state index < -0.39 is 17.9 Å². The van der Waals surface area contributed by atoms with Crippen LogP contribution in [-0.4, -0.2) is 39.9 Å². The zero-order chi connectivity index (χ0) is 17.0. The standard InChI is InChI=1S/C16H19N3O4/c1-10(2)14(16(21)22)17-15(20)13-8-9-19(18-13)11-4-6-12(23-3)7-5-11/h4-10,14H,1-3H3,(H,17,20)(H,21,22)/t14-/m1/s1. The Kier molecular flexibility index (Phi) is 5.00. The van der Waals surface area contributed by atoms with E-state index in [0.29, 0.717) is 0 Å². The zero-order valence-electron chi connectivity index (χ0n) is 13.2. The van der Waals surface area contributed by atoms with Gasteiger partial charge in [-0.3, -0.25) is 4.79 Å². The molecule has 0 spiro atoms. The van der Waals surface area contributed by atoms with Crippen LogP contribution in [-0.2, 0) is 4.79 Å². The van der Waals surface area contributed by atoms with Gasteiger partial charge in [-0.15, -0.1) is 0 Å². The average molecular weight is 317 g/mol. The van der Waals surface area contributed by atoms with Crippen LogP contribution in [0.4, 0.5) is 0 Å². The molecule has 1 heterocycles. The first-order chi connectivity index (χ1) is 10.9. The van der Waals surface area contributed by atoms with Crippen molar-refractivity contribution < 1.29 is 19.4 Å². The number of methoxy groups -OCH3 is 1. The molecular formula is C16H19N3O4. The van der Waals surface area contributed by atoms with Crippen LogP contribution < -0.4 is 10.1 Å². The number of aliphatic carboxylic acids is 1. The van der Waals surface area contributed by atoms with Crippen LogP contribution in [0.25, 0.3) is 5.69 Å². The van der Waals surface area contributed by atoms with E-state index in [2.05, 4.69) is 10.4 Å². The maximum Gasteiger partial charge on any atom is 0.326 e. The van der Waals surface area contributed by atoms with Crippen LogP contribution in [0.15, 0.2) is 36.5 Å². The molecule has 0 aliphatic heterocycles. The van der Waals surface area contributed by atoms with Gasteiger partial charge in [-0.05, 0) is 36.2 Å². The first-order valence-corrected chi connectivity index (χ1v) is 7.16. The highest BCUT2D eigenvalue weighted by Gasteiger charge is 2.24. The summed E-state index contributed by atoms with van der Waals surface area (Å²) in [6, 6.07) is 7.78. The third kappa shape index (κ3) is 3.88. The van der Waals surface area contributed by atoms with E-state index in [1.165, 1.54) is 0 Å². The predicted octanol–water partition coefficient (Wildman–Crippen LogP) is 1.72. The molecule has 0 saturated heterocycles. The highest BCUT2D eigenvalue weighted by Crippen LogP contribution is 2.14. The Morgan fingerprint density at radius 3 is 2.39 bits per heavy atom. The fourth-order valence-corrected chi connectivity index (χ4v) is 2.05.